The van der Waals surface area contributed by atoms with Gasteiger partial charge in [0.05, 0.1) is 18.1 Å². The van der Waals surface area contributed by atoms with Crippen LogP contribution in [0.2, 0.25) is 0 Å². The third kappa shape index (κ3) is 3.95. The summed E-state index contributed by atoms with van der Waals surface area (Å²) in [6, 6.07) is -0.0560. The van der Waals surface area contributed by atoms with Gasteiger partial charge < -0.3 is 5.11 Å². The lowest BCUT2D eigenvalue weighted by Crippen LogP contribution is -2.47. The zero-order chi connectivity index (χ0) is 13.9. The largest absolute Gasteiger partial charge is 0.480 e. The van der Waals surface area contributed by atoms with E-state index in [1.165, 1.54) is 0 Å². The minimum atomic E-state index is -2.98. The van der Waals surface area contributed by atoms with Crippen LogP contribution in [0.1, 0.15) is 33.6 Å². The van der Waals surface area contributed by atoms with E-state index in [9.17, 15) is 13.2 Å². The summed E-state index contributed by atoms with van der Waals surface area (Å²) >= 11 is 0. The molecule has 6 heteroatoms. The number of carbonyl (C=O) groups is 1. The van der Waals surface area contributed by atoms with E-state index in [0.29, 0.717) is 12.3 Å². The summed E-state index contributed by atoms with van der Waals surface area (Å²) in [4.78, 5) is 12.8. The van der Waals surface area contributed by atoms with E-state index in [1.807, 2.05) is 11.8 Å². The molecule has 5 nitrogen and oxygen atoms in total. The molecule has 0 radical (unpaired) electrons. The maximum absolute atomic E-state index is 11.5. The van der Waals surface area contributed by atoms with Crippen LogP contribution in [-0.2, 0) is 14.6 Å². The molecule has 1 heterocycles. The summed E-state index contributed by atoms with van der Waals surface area (Å²) in [7, 11) is -2.98. The van der Waals surface area contributed by atoms with Crippen LogP contribution >= 0.6 is 0 Å². The molecule has 3 atom stereocenters. The van der Waals surface area contributed by atoms with Gasteiger partial charge in [-0.1, -0.05) is 20.3 Å². The smallest absolute Gasteiger partial charge is 0.317 e. The van der Waals surface area contributed by atoms with E-state index < -0.39 is 15.8 Å². The van der Waals surface area contributed by atoms with Gasteiger partial charge in [-0.05, 0) is 19.3 Å². The molecule has 18 heavy (non-hydrogen) atoms. The number of carboxylic acids is 1. The Labute approximate surface area is 109 Å². The summed E-state index contributed by atoms with van der Waals surface area (Å²) < 4.78 is 23.0. The highest BCUT2D eigenvalue weighted by Crippen LogP contribution is 2.23. The molecule has 0 aliphatic carbocycles. The second-order valence-corrected chi connectivity index (χ2v) is 7.48. The van der Waals surface area contributed by atoms with E-state index in [0.717, 1.165) is 6.42 Å². The van der Waals surface area contributed by atoms with Gasteiger partial charge in [-0.15, -0.1) is 0 Å². The summed E-state index contributed by atoms with van der Waals surface area (Å²) in [5.41, 5.74) is 0. The first-order valence-electron chi connectivity index (χ1n) is 6.44. The third-order valence-electron chi connectivity index (χ3n) is 3.99. The SMILES string of the molecule is CCC(C)C(C)N(CC(=O)O)C1CCS(=O)(=O)C1. The Hall–Kier alpha value is -0.620. The van der Waals surface area contributed by atoms with Gasteiger partial charge in [0.1, 0.15) is 0 Å². The first kappa shape index (κ1) is 15.4. The van der Waals surface area contributed by atoms with E-state index in [2.05, 4.69) is 13.8 Å². The molecule has 1 N–H and O–H groups in total. The fourth-order valence-electron chi connectivity index (χ4n) is 2.47. The number of hydrogen-bond acceptors (Lipinski definition) is 4. The molecule has 0 saturated carbocycles. The normalized spacial score (nSPS) is 26.1. The highest BCUT2D eigenvalue weighted by Gasteiger charge is 2.36. The number of rotatable bonds is 6. The van der Waals surface area contributed by atoms with Crippen molar-refractivity contribution in [2.75, 3.05) is 18.1 Å². The van der Waals surface area contributed by atoms with Crippen LogP contribution in [0.15, 0.2) is 0 Å². The van der Waals surface area contributed by atoms with Crippen LogP contribution in [0.5, 0.6) is 0 Å². The average molecular weight is 277 g/mol. The maximum Gasteiger partial charge on any atom is 0.317 e. The molecule has 1 fully saturated rings. The molecule has 0 bridgehead atoms. The zero-order valence-electron chi connectivity index (χ0n) is 11.3. The van der Waals surface area contributed by atoms with Gasteiger partial charge in [0.25, 0.3) is 0 Å². The second kappa shape index (κ2) is 6.02. The van der Waals surface area contributed by atoms with Gasteiger partial charge >= 0.3 is 5.97 Å². The standard InChI is InChI=1S/C12H23NO4S/c1-4-9(2)10(3)13(7-12(14)15)11-5-6-18(16,17)8-11/h9-11H,4-8H2,1-3H3,(H,14,15). The number of carboxylic acid groups (broad SMARTS) is 1. The first-order chi connectivity index (χ1) is 8.26. The molecule has 1 aliphatic rings. The molecule has 3 unspecified atom stereocenters. The molecule has 106 valence electrons. The minimum Gasteiger partial charge on any atom is -0.480 e. The molecular weight excluding hydrogens is 254 g/mol. The molecular formula is C12H23NO4S. The Balaban J connectivity index is 2.82. The Morgan fingerprint density at radius 3 is 2.44 bits per heavy atom. The maximum atomic E-state index is 11.5. The monoisotopic (exact) mass is 277 g/mol. The number of aliphatic carboxylic acids is 1. The molecule has 0 aromatic rings. The van der Waals surface area contributed by atoms with Crippen LogP contribution in [-0.4, -0.2) is 54.5 Å². The molecule has 0 spiro atoms. The molecule has 1 aliphatic heterocycles. The van der Waals surface area contributed by atoms with Crippen molar-refractivity contribution in [1.29, 1.82) is 0 Å². The van der Waals surface area contributed by atoms with Crippen LogP contribution in [0, 0.1) is 5.92 Å². The molecule has 0 aromatic carbocycles. The van der Waals surface area contributed by atoms with Gasteiger partial charge in [0, 0.05) is 12.1 Å². The summed E-state index contributed by atoms with van der Waals surface area (Å²) in [6.45, 7) is 6.04. The zero-order valence-corrected chi connectivity index (χ0v) is 12.1. The third-order valence-corrected chi connectivity index (χ3v) is 5.74. The van der Waals surface area contributed by atoms with Crippen molar-refractivity contribution in [3.05, 3.63) is 0 Å². The van der Waals surface area contributed by atoms with E-state index in [4.69, 9.17) is 5.11 Å². The van der Waals surface area contributed by atoms with Crippen molar-refractivity contribution < 1.29 is 18.3 Å². The summed E-state index contributed by atoms with van der Waals surface area (Å²) in [6.07, 6.45) is 1.51. The second-order valence-electron chi connectivity index (χ2n) is 5.25. The Kier molecular flexibility index (Phi) is 5.16. The highest BCUT2D eigenvalue weighted by molar-refractivity contribution is 7.91. The quantitative estimate of drug-likeness (QED) is 0.784. The minimum absolute atomic E-state index is 0.0777. The number of sulfone groups is 1. The van der Waals surface area contributed by atoms with Crippen LogP contribution in [0.25, 0.3) is 0 Å². The van der Waals surface area contributed by atoms with Gasteiger partial charge in [-0.2, -0.15) is 0 Å². The highest BCUT2D eigenvalue weighted by atomic mass is 32.2. The fraction of sp³-hybridized carbons (Fsp3) is 0.917. The van der Waals surface area contributed by atoms with Gasteiger partial charge in [-0.3, -0.25) is 9.69 Å². The topological polar surface area (TPSA) is 74.7 Å². The van der Waals surface area contributed by atoms with E-state index in [-0.39, 0.29) is 30.1 Å². The van der Waals surface area contributed by atoms with Crippen molar-refractivity contribution in [2.24, 2.45) is 5.92 Å². The van der Waals surface area contributed by atoms with Crippen molar-refractivity contribution in [3.8, 4) is 0 Å². The van der Waals surface area contributed by atoms with Crippen molar-refractivity contribution in [3.63, 3.8) is 0 Å². The van der Waals surface area contributed by atoms with Crippen molar-refractivity contribution >= 4 is 15.8 Å². The summed E-state index contributed by atoms with van der Waals surface area (Å²) in [5.74, 6) is -0.260. The molecule has 0 aromatic heterocycles. The van der Waals surface area contributed by atoms with Gasteiger partial charge in [0.2, 0.25) is 0 Å². The predicted octanol–water partition coefficient (Wildman–Crippen LogP) is 0.995. The van der Waals surface area contributed by atoms with Crippen LogP contribution in [0.3, 0.4) is 0 Å². The predicted molar refractivity (Wildman–Crippen MR) is 70.3 cm³/mol. The molecule has 0 amide bonds. The van der Waals surface area contributed by atoms with Crippen molar-refractivity contribution in [2.45, 2.75) is 45.7 Å². The fourth-order valence-corrected chi connectivity index (χ4v) is 4.21. The number of nitrogens with zero attached hydrogens (tertiary/aromatic N) is 1. The van der Waals surface area contributed by atoms with Crippen LogP contribution in [0.4, 0.5) is 0 Å². The molecule has 1 saturated heterocycles. The van der Waals surface area contributed by atoms with E-state index >= 15 is 0 Å². The Morgan fingerprint density at radius 2 is 2.06 bits per heavy atom. The van der Waals surface area contributed by atoms with Gasteiger partial charge in [0.15, 0.2) is 9.84 Å². The van der Waals surface area contributed by atoms with Gasteiger partial charge in [-0.25, -0.2) is 8.42 Å². The molecule has 1 rings (SSSR count). The lowest BCUT2D eigenvalue weighted by atomic mass is 9.97. The summed E-state index contributed by atoms with van der Waals surface area (Å²) in [5, 5.41) is 8.99. The average Bonchev–Trinajstić information content (AvgIpc) is 2.64. The lowest BCUT2D eigenvalue weighted by Gasteiger charge is -2.35. The Morgan fingerprint density at radius 1 is 1.44 bits per heavy atom. The lowest BCUT2D eigenvalue weighted by molar-refractivity contribution is -0.139. The Bertz CT molecular complexity index is 393. The van der Waals surface area contributed by atoms with E-state index in [1.54, 1.807) is 0 Å². The van der Waals surface area contributed by atoms with Crippen molar-refractivity contribution in [1.82, 2.24) is 4.90 Å². The first-order valence-corrected chi connectivity index (χ1v) is 8.27. The van der Waals surface area contributed by atoms with Crippen LogP contribution < -0.4 is 0 Å². The number of hydrogen-bond donors (Lipinski definition) is 1.